The molecule has 318 valence electrons. The smallest absolute Gasteiger partial charge is 0.0547 e. The van der Waals surface area contributed by atoms with Gasteiger partial charge in [-0.2, -0.15) is 0 Å². The first-order valence-electron chi connectivity index (χ1n) is 23.6. The van der Waals surface area contributed by atoms with Crippen molar-refractivity contribution in [2.75, 3.05) is 4.90 Å². The number of benzene rings is 9. The average molecular weight is 849 g/mol. The third-order valence-corrected chi connectivity index (χ3v) is 15.9. The second-order valence-electron chi connectivity index (χ2n) is 20.6. The first-order valence-corrected chi connectivity index (χ1v) is 23.6. The Kier molecular flexibility index (Phi) is 8.01. The summed E-state index contributed by atoms with van der Waals surface area (Å²) in [4.78, 5) is 2.49. The zero-order valence-corrected chi connectivity index (χ0v) is 38.8. The van der Waals surface area contributed by atoms with Crippen molar-refractivity contribution in [3.05, 3.63) is 227 Å². The van der Waals surface area contributed by atoms with Crippen LogP contribution in [0.4, 0.5) is 17.1 Å². The van der Waals surface area contributed by atoms with Crippen molar-refractivity contribution in [2.45, 2.75) is 64.7 Å². The third kappa shape index (κ3) is 5.30. The van der Waals surface area contributed by atoms with Gasteiger partial charge in [-0.1, -0.05) is 169 Å². The Morgan fingerprint density at radius 1 is 0.333 bits per heavy atom. The Hall–Kier alpha value is -7.42. The van der Waals surface area contributed by atoms with Gasteiger partial charge in [0.1, 0.15) is 0 Å². The molecular formula is C64H52N2. The monoisotopic (exact) mass is 848 g/mol. The van der Waals surface area contributed by atoms with E-state index in [1.54, 1.807) is 0 Å². The van der Waals surface area contributed by atoms with Gasteiger partial charge >= 0.3 is 0 Å². The van der Waals surface area contributed by atoms with E-state index in [1.165, 1.54) is 122 Å². The van der Waals surface area contributed by atoms with Crippen molar-refractivity contribution < 1.29 is 0 Å². The second-order valence-corrected chi connectivity index (χ2v) is 20.6. The van der Waals surface area contributed by atoms with Crippen LogP contribution in [0.3, 0.4) is 0 Å². The van der Waals surface area contributed by atoms with Crippen molar-refractivity contribution in [1.82, 2.24) is 4.57 Å². The molecule has 9 aromatic carbocycles. The van der Waals surface area contributed by atoms with Crippen molar-refractivity contribution in [3.8, 4) is 50.2 Å². The highest BCUT2D eigenvalue weighted by molar-refractivity contribution is 6.10. The zero-order valence-electron chi connectivity index (χ0n) is 38.8. The van der Waals surface area contributed by atoms with Crippen molar-refractivity contribution in [2.24, 2.45) is 0 Å². The zero-order chi connectivity index (χ0) is 44.9. The molecule has 0 saturated carbocycles. The number of aromatic nitrogens is 1. The van der Waals surface area contributed by atoms with Gasteiger partial charge in [0.05, 0.1) is 11.0 Å². The molecule has 0 saturated heterocycles. The molecule has 0 bridgehead atoms. The molecule has 66 heavy (non-hydrogen) atoms. The summed E-state index contributed by atoms with van der Waals surface area (Å²) in [6.07, 6.45) is 0. The van der Waals surface area contributed by atoms with Gasteiger partial charge in [-0.15, -0.1) is 0 Å². The van der Waals surface area contributed by atoms with E-state index in [-0.39, 0.29) is 16.2 Å². The van der Waals surface area contributed by atoms with E-state index in [9.17, 15) is 0 Å². The fourth-order valence-corrected chi connectivity index (χ4v) is 12.5. The van der Waals surface area contributed by atoms with Gasteiger partial charge in [-0.05, 0) is 151 Å². The third-order valence-electron chi connectivity index (χ3n) is 15.9. The van der Waals surface area contributed by atoms with Crippen LogP contribution in [0.25, 0.3) is 72.0 Å². The summed E-state index contributed by atoms with van der Waals surface area (Å²) >= 11 is 0. The van der Waals surface area contributed by atoms with Gasteiger partial charge in [0.15, 0.2) is 0 Å². The normalized spacial score (nSPS) is 15.3. The van der Waals surface area contributed by atoms with E-state index in [4.69, 9.17) is 0 Å². The maximum atomic E-state index is 2.49. The topological polar surface area (TPSA) is 8.17 Å². The molecule has 2 nitrogen and oxygen atoms in total. The standard InChI is InChI=1S/C64H52N2/c1-39-34-41(65(42-26-31-49-46-16-8-12-20-54(46)62(2,3)57(49)36-42)43-27-32-50-47-17-9-13-21-55(47)63(4,5)58(50)37-43)25-30-45(39)40-24-29-53-52-19-11-15-23-60(52)66(61(53)35-40)44-28-33-51-48-18-10-14-22-56(48)64(6,7)59(51)38-44/h8-38H,1-7H3. The van der Waals surface area contributed by atoms with Crippen LogP contribution in [-0.2, 0) is 16.2 Å². The summed E-state index contributed by atoms with van der Waals surface area (Å²) in [5.74, 6) is 0. The fraction of sp³-hybridized carbons (Fsp3) is 0.156. The van der Waals surface area contributed by atoms with Crippen molar-refractivity contribution >= 4 is 38.9 Å². The Morgan fingerprint density at radius 3 is 1.30 bits per heavy atom. The summed E-state index contributed by atoms with van der Waals surface area (Å²) in [5, 5.41) is 2.53. The van der Waals surface area contributed by atoms with E-state index < -0.39 is 0 Å². The number of rotatable bonds is 5. The predicted molar refractivity (Wildman–Crippen MR) is 278 cm³/mol. The van der Waals surface area contributed by atoms with Gasteiger partial charge < -0.3 is 9.47 Å². The lowest BCUT2D eigenvalue weighted by atomic mass is 9.82. The van der Waals surface area contributed by atoms with E-state index in [1.807, 2.05) is 0 Å². The molecule has 10 aromatic rings. The van der Waals surface area contributed by atoms with E-state index in [2.05, 4.69) is 246 Å². The van der Waals surface area contributed by atoms with Crippen LogP contribution in [0.2, 0.25) is 0 Å². The Morgan fingerprint density at radius 2 is 0.758 bits per heavy atom. The molecule has 0 fully saturated rings. The van der Waals surface area contributed by atoms with E-state index in [0.29, 0.717) is 0 Å². The Labute approximate surface area is 388 Å². The molecule has 3 aliphatic carbocycles. The molecule has 0 spiro atoms. The van der Waals surface area contributed by atoms with Gasteiger partial charge in [-0.3, -0.25) is 0 Å². The highest BCUT2D eigenvalue weighted by atomic mass is 15.1. The van der Waals surface area contributed by atoms with Crippen molar-refractivity contribution in [3.63, 3.8) is 0 Å². The van der Waals surface area contributed by atoms with Crippen LogP contribution in [0, 0.1) is 6.92 Å². The fourth-order valence-electron chi connectivity index (χ4n) is 12.5. The molecule has 3 aliphatic rings. The van der Waals surface area contributed by atoms with Gasteiger partial charge in [-0.25, -0.2) is 0 Å². The molecule has 0 radical (unpaired) electrons. The lowest BCUT2D eigenvalue weighted by molar-refractivity contribution is 0.659. The lowest BCUT2D eigenvalue weighted by Gasteiger charge is -2.30. The number of hydrogen-bond donors (Lipinski definition) is 0. The first-order chi connectivity index (χ1) is 31.9. The van der Waals surface area contributed by atoms with Crippen LogP contribution in [0.1, 0.15) is 80.5 Å². The second kappa shape index (κ2) is 13.6. The van der Waals surface area contributed by atoms with Gasteiger partial charge in [0.2, 0.25) is 0 Å². The number of nitrogens with zero attached hydrogens (tertiary/aromatic N) is 2. The summed E-state index contributed by atoms with van der Waals surface area (Å²) < 4.78 is 2.49. The minimum atomic E-state index is -0.114. The summed E-state index contributed by atoms with van der Waals surface area (Å²) in [7, 11) is 0. The van der Waals surface area contributed by atoms with E-state index in [0.717, 1.165) is 5.69 Å². The lowest BCUT2D eigenvalue weighted by Crippen LogP contribution is -2.18. The number of hydrogen-bond acceptors (Lipinski definition) is 1. The minimum Gasteiger partial charge on any atom is -0.310 e. The minimum absolute atomic E-state index is 0.0827. The number of anilines is 3. The largest absolute Gasteiger partial charge is 0.310 e. The highest BCUT2D eigenvalue weighted by Crippen LogP contribution is 2.54. The predicted octanol–water partition coefficient (Wildman–Crippen LogP) is 17.1. The van der Waals surface area contributed by atoms with Gasteiger partial charge in [0.25, 0.3) is 0 Å². The van der Waals surface area contributed by atoms with Crippen LogP contribution >= 0.6 is 0 Å². The average Bonchev–Trinajstić information content (AvgIpc) is 3.95. The Bertz CT molecular complexity index is 3600. The molecule has 0 aliphatic heterocycles. The molecule has 13 rings (SSSR count). The maximum Gasteiger partial charge on any atom is 0.0547 e. The molecule has 1 heterocycles. The van der Waals surface area contributed by atoms with Crippen LogP contribution in [-0.4, -0.2) is 4.57 Å². The van der Waals surface area contributed by atoms with Crippen LogP contribution in [0.15, 0.2) is 188 Å². The summed E-state index contributed by atoms with van der Waals surface area (Å²) in [6, 6.07) is 71.2. The number of fused-ring (bicyclic) bond motifs is 12. The molecule has 1 aromatic heterocycles. The molecule has 0 atom stereocenters. The molecule has 0 unspecified atom stereocenters. The summed E-state index contributed by atoms with van der Waals surface area (Å²) in [6.45, 7) is 16.5. The SMILES string of the molecule is Cc1cc(N(c2ccc3c(c2)C(C)(C)c2ccccc2-3)c2ccc3c(c2)C(C)(C)c2ccccc2-3)ccc1-c1ccc2c3ccccc3n(-c3ccc4c(c3)C(C)(C)c3ccccc3-4)c2c1. The Balaban J connectivity index is 0.951. The summed E-state index contributed by atoms with van der Waals surface area (Å²) in [5.41, 5.74) is 26.8. The van der Waals surface area contributed by atoms with Gasteiger partial charge in [0, 0.05) is 49.8 Å². The highest BCUT2D eigenvalue weighted by Gasteiger charge is 2.39. The van der Waals surface area contributed by atoms with Crippen LogP contribution < -0.4 is 4.90 Å². The maximum absolute atomic E-state index is 2.49. The van der Waals surface area contributed by atoms with Crippen molar-refractivity contribution in [1.29, 1.82) is 0 Å². The van der Waals surface area contributed by atoms with E-state index >= 15 is 0 Å². The molecule has 0 N–H and O–H groups in total. The first kappa shape index (κ1) is 39.0. The molecule has 2 heteroatoms. The number of para-hydroxylation sites is 1. The molecule has 0 amide bonds. The molecular weight excluding hydrogens is 797 g/mol. The number of aryl methyl sites for hydroxylation is 1. The van der Waals surface area contributed by atoms with Crippen LogP contribution in [0.5, 0.6) is 0 Å². The quantitative estimate of drug-likeness (QED) is 0.167.